The van der Waals surface area contributed by atoms with Gasteiger partial charge in [-0.1, -0.05) is 0 Å². The molecule has 0 bridgehead atoms. The minimum absolute atomic E-state index is 0. The summed E-state index contributed by atoms with van der Waals surface area (Å²) in [7, 11) is 0. The van der Waals surface area contributed by atoms with E-state index in [1.807, 2.05) is 0 Å². The Hall–Kier alpha value is 2.20. The van der Waals surface area contributed by atoms with Gasteiger partial charge >= 0.3 is 34.1 Å². The van der Waals surface area contributed by atoms with E-state index in [1.165, 1.54) is 0 Å². The second-order valence-electron chi connectivity index (χ2n) is 0. The summed E-state index contributed by atoms with van der Waals surface area (Å²) < 4.78 is 0. The Morgan fingerprint density at radius 1 is 0.333 bits per heavy atom. The fourth-order valence-corrected chi connectivity index (χ4v) is 0. The third kappa shape index (κ3) is 34.7. The first-order valence-corrected chi connectivity index (χ1v) is 0. The van der Waals surface area contributed by atoms with Crippen molar-refractivity contribution in [2.24, 2.45) is 0 Å². The summed E-state index contributed by atoms with van der Waals surface area (Å²) in [6.07, 6.45) is 0. The van der Waals surface area contributed by atoms with Crippen LogP contribution in [0.2, 0.25) is 0 Å². The van der Waals surface area contributed by atoms with Crippen LogP contribution in [-0.2, 0) is 34.1 Å². The maximum atomic E-state index is 0. The predicted octanol–water partition coefficient (Wildman–Crippen LogP) is -12.0. The summed E-state index contributed by atoms with van der Waals surface area (Å²) in [5, 5.41) is 0. The Kier molecular flexibility index (Phi) is 838. The average Bonchev–Trinajstić information content (AvgIpc) is 0. The van der Waals surface area contributed by atoms with Crippen LogP contribution in [0.25, 0.3) is 0 Å². The zero-order chi connectivity index (χ0) is 0. The van der Waals surface area contributed by atoms with Crippen LogP contribution in [0.5, 0.6) is 0 Å². The van der Waals surface area contributed by atoms with Gasteiger partial charge in [-0.3, -0.25) is 0 Å². The summed E-state index contributed by atoms with van der Waals surface area (Å²) in [4.78, 5) is 0. The normalized spacial score (nSPS) is 0. The number of halogens is 4. The summed E-state index contributed by atoms with van der Waals surface area (Å²) in [5.74, 6) is 0. The molecule has 0 aromatic rings. The Bertz CT molecular complexity index is 5.51. The van der Waals surface area contributed by atoms with Gasteiger partial charge in [-0.2, -0.15) is 0 Å². The van der Waals surface area contributed by atoms with E-state index in [0.717, 1.165) is 0 Å². The third-order valence-corrected chi connectivity index (χ3v) is 0. The van der Waals surface area contributed by atoms with Gasteiger partial charge in [0.2, 0.25) is 0 Å². The van der Waals surface area contributed by atoms with Crippen molar-refractivity contribution < 1.29 is 83.8 Å². The minimum Gasteiger partial charge on any atom is -1.00 e. The number of hydrogen-bond donors (Lipinski definition) is 0. The smallest absolute Gasteiger partial charge is 1.00 e. The molecule has 0 nitrogen and oxygen atoms in total. The molecule has 0 aliphatic heterocycles. The van der Waals surface area contributed by atoms with Gasteiger partial charge < -0.3 is 49.6 Å². The van der Waals surface area contributed by atoms with Gasteiger partial charge in [0.05, 0.1) is 0 Å². The molecule has 0 aromatic heterocycles. The van der Waals surface area contributed by atoms with E-state index in [4.69, 9.17) is 0 Å². The van der Waals surface area contributed by atoms with E-state index in [1.54, 1.807) is 0 Å². The van der Waals surface area contributed by atoms with Gasteiger partial charge in [-0.05, 0) is 0 Å². The second-order valence-corrected chi connectivity index (χ2v) is 0. The van der Waals surface area contributed by atoms with Crippen molar-refractivity contribution in [3.8, 4) is 0 Å². The van der Waals surface area contributed by atoms with Gasteiger partial charge in [-0.25, -0.2) is 0 Å². The molecule has 0 rings (SSSR count). The SMILES string of the molecule is [Cl-].[Cl-].[Cl-].[Cl-].[Mn+2].[Mn+2]. The number of hydrogen-bond acceptors (Lipinski definition) is 0. The largest absolute Gasteiger partial charge is 2.00 e. The third-order valence-electron chi connectivity index (χ3n) is 0. The molecule has 0 unspecified atom stereocenters. The van der Waals surface area contributed by atoms with Crippen LogP contribution in [0.4, 0.5) is 0 Å². The van der Waals surface area contributed by atoms with Gasteiger partial charge in [0, 0.05) is 0 Å². The van der Waals surface area contributed by atoms with Gasteiger partial charge in [0.1, 0.15) is 0 Å². The second kappa shape index (κ2) is 57.2. The fourth-order valence-electron chi connectivity index (χ4n) is 0. The van der Waals surface area contributed by atoms with E-state index in [2.05, 4.69) is 0 Å². The van der Waals surface area contributed by atoms with Crippen molar-refractivity contribution in [3.63, 3.8) is 0 Å². The first-order chi connectivity index (χ1) is 0. The molecule has 0 saturated carbocycles. The van der Waals surface area contributed by atoms with Crippen LogP contribution < -0.4 is 49.6 Å². The van der Waals surface area contributed by atoms with E-state index in [-0.39, 0.29) is 83.8 Å². The quantitative estimate of drug-likeness (QED) is 0.375. The molecular formula is Cl4Mn2. The Morgan fingerprint density at radius 3 is 0.333 bits per heavy atom. The van der Waals surface area contributed by atoms with E-state index >= 15 is 0 Å². The molecule has 42 valence electrons. The predicted molar refractivity (Wildman–Crippen MR) is 0 cm³/mol. The maximum Gasteiger partial charge on any atom is 2.00 e. The summed E-state index contributed by atoms with van der Waals surface area (Å²) in [6.45, 7) is 0. The molecule has 0 aromatic carbocycles. The van der Waals surface area contributed by atoms with E-state index < -0.39 is 0 Å². The maximum absolute atomic E-state index is 0. The topological polar surface area (TPSA) is 0 Å². The Balaban J connectivity index is 0. The van der Waals surface area contributed by atoms with Crippen molar-refractivity contribution >= 4 is 0 Å². The van der Waals surface area contributed by atoms with Crippen LogP contribution in [0.15, 0.2) is 0 Å². The van der Waals surface area contributed by atoms with Crippen LogP contribution in [-0.4, -0.2) is 0 Å². The molecular weight excluding hydrogens is 252 g/mol. The van der Waals surface area contributed by atoms with Crippen molar-refractivity contribution in [1.82, 2.24) is 0 Å². The molecule has 0 heterocycles. The molecule has 0 aliphatic carbocycles. The van der Waals surface area contributed by atoms with Crippen LogP contribution in [0.3, 0.4) is 0 Å². The van der Waals surface area contributed by atoms with Crippen LogP contribution >= 0.6 is 0 Å². The van der Waals surface area contributed by atoms with Crippen molar-refractivity contribution in [1.29, 1.82) is 0 Å². The van der Waals surface area contributed by atoms with Gasteiger partial charge in [0.15, 0.2) is 0 Å². The minimum atomic E-state index is 0. The molecule has 0 aliphatic rings. The molecule has 0 saturated heterocycles. The standard InChI is InChI=1S/4ClH.2Mn/h4*1H;;/q;;;;2*+2/p-4. The molecule has 0 spiro atoms. The van der Waals surface area contributed by atoms with Crippen molar-refractivity contribution in [2.75, 3.05) is 0 Å². The van der Waals surface area contributed by atoms with Crippen molar-refractivity contribution in [2.45, 2.75) is 0 Å². The first-order valence-electron chi connectivity index (χ1n) is 0. The van der Waals surface area contributed by atoms with Crippen LogP contribution in [0, 0.1) is 0 Å². The zero-order valence-corrected chi connectivity index (χ0v) is 7.65. The Morgan fingerprint density at radius 2 is 0.333 bits per heavy atom. The molecule has 0 fully saturated rings. The average molecular weight is 252 g/mol. The summed E-state index contributed by atoms with van der Waals surface area (Å²) in [5.41, 5.74) is 0. The van der Waals surface area contributed by atoms with Gasteiger partial charge in [0.25, 0.3) is 0 Å². The summed E-state index contributed by atoms with van der Waals surface area (Å²) >= 11 is 0. The summed E-state index contributed by atoms with van der Waals surface area (Å²) in [6, 6.07) is 0. The Labute approximate surface area is 83.2 Å². The molecule has 0 amide bonds. The van der Waals surface area contributed by atoms with E-state index in [9.17, 15) is 0 Å². The molecule has 6 heavy (non-hydrogen) atoms. The zero-order valence-electron chi connectivity index (χ0n) is 2.27. The molecule has 0 atom stereocenters. The molecule has 2 radical (unpaired) electrons. The molecule has 6 heteroatoms. The fraction of sp³-hybridized carbons (Fsp3) is 0. The monoisotopic (exact) mass is 250 g/mol. The van der Waals surface area contributed by atoms with Crippen molar-refractivity contribution in [3.05, 3.63) is 0 Å². The van der Waals surface area contributed by atoms with Crippen LogP contribution in [0.1, 0.15) is 0 Å². The number of rotatable bonds is 0. The van der Waals surface area contributed by atoms with E-state index in [0.29, 0.717) is 0 Å². The molecule has 0 N–H and O–H groups in total. The first kappa shape index (κ1) is 87.9. The van der Waals surface area contributed by atoms with Gasteiger partial charge in [-0.15, -0.1) is 0 Å².